The lowest BCUT2D eigenvalue weighted by molar-refractivity contribution is -0.231. The number of rotatable bonds is 6. The fraction of sp³-hybridized carbons (Fsp3) is 0.941. The molecule has 234 valence electrons. The lowest BCUT2D eigenvalue weighted by atomic mass is 9.47. The Kier molecular flexibility index (Phi) is 6.49. The van der Waals surface area contributed by atoms with E-state index in [0.717, 1.165) is 25.2 Å². The molecule has 0 aromatic heterocycles. The predicted molar refractivity (Wildman–Crippen MR) is 157 cm³/mol. The van der Waals surface area contributed by atoms with Crippen LogP contribution in [0.25, 0.3) is 0 Å². The molecule has 2 aliphatic heterocycles. The van der Waals surface area contributed by atoms with Gasteiger partial charge >= 0.3 is 0 Å². The first-order chi connectivity index (χ1) is 20.1. The van der Waals surface area contributed by atoms with Crippen LogP contribution in [0, 0.1) is 45.8 Å². The van der Waals surface area contributed by atoms with Crippen molar-refractivity contribution in [3.8, 4) is 0 Å². The number of carbonyl (C=O) groups is 2. The Balaban J connectivity index is 0.955. The molecule has 6 aliphatic carbocycles. The highest BCUT2D eigenvalue weighted by Gasteiger charge is 2.81. The summed E-state index contributed by atoms with van der Waals surface area (Å²) in [6.07, 6.45) is 15.2. The van der Waals surface area contributed by atoms with Gasteiger partial charge in [0.1, 0.15) is 0 Å². The molecule has 12 atom stereocenters. The van der Waals surface area contributed by atoms with Crippen molar-refractivity contribution < 1.29 is 23.8 Å². The zero-order chi connectivity index (χ0) is 29.1. The van der Waals surface area contributed by atoms with Crippen LogP contribution in [-0.4, -0.2) is 66.6 Å². The summed E-state index contributed by atoms with van der Waals surface area (Å²) in [4.78, 5) is 26.4. The van der Waals surface area contributed by atoms with Gasteiger partial charge in [0.25, 0.3) is 0 Å². The summed E-state index contributed by atoms with van der Waals surface area (Å²) in [6.45, 7) is 6.59. The molecule has 0 bridgehead atoms. The first kappa shape index (κ1) is 28.3. The first-order valence-electron chi connectivity index (χ1n) is 17.3. The summed E-state index contributed by atoms with van der Waals surface area (Å²) >= 11 is 0. The lowest BCUT2D eigenvalue weighted by Gasteiger charge is -2.59. The van der Waals surface area contributed by atoms with Gasteiger partial charge in [-0.15, -0.1) is 0 Å². The van der Waals surface area contributed by atoms with Crippen molar-refractivity contribution in [1.29, 1.82) is 0 Å². The number of ether oxygens (including phenoxy) is 3. The second kappa shape index (κ2) is 9.64. The molecule has 8 aliphatic rings. The Hall–Kier alpha value is -1.22. The zero-order valence-electron chi connectivity index (χ0n) is 25.9. The number of primary amides is 1. The number of morpholine rings is 1. The summed E-state index contributed by atoms with van der Waals surface area (Å²) in [5.41, 5.74) is 13.6. The molecular weight excluding hydrogens is 530 g/mol. The van der Waals surface area contributed by atoms with Gasteiger partial charge < -0.3 is 30.6 Å². The number of hydrogen-bond donors (Lipinski definition) is 2. The van der Waals surface area contributed by atoms with Crippen LogP contribution in [0.15, 0.2) is 0 Å². The molecule has 6 saturated carbocycles. The SMILES string of the molecule is CC1(N)C2CCC3C4CC5OC(CC(N)=O)CCC5[C@@]4(C)CC[C@]34CC24CC[C@@H]1OC1CN(C(=O)CC2CC2)CCO1. The van der Waals surface area contributed by atoms with Gasteiger partial charge in [0.05, 0.1) is 37.9 Å². The van der Waals surface area contributed by atoms with Gasteiger partial charge in [0.15, 0.2) is 6.29 Å². The van der Waals surface area contributed by atoms with E-state index < -0.39 is 5.54 Å². The molecule has 2 spiro atoms. The maximum absolute atomic E-state index is 12.8. The molecule has 8 rings (SSSR count). The zero-order valence-corrected chi connectivity index (χ0v) is 25.9. The predicted octanol–water partition coefficient (Wildman–Crippen LogP) is 4.13. The molecule has 4 N–H and O–H groups in total. The van der Waals surface area contributed by atoms with E-state index in [2.05, 4.69) is 13.8 Å². The summed E-state index contributed by atoms with van der Waals surface area (Å²) in [5.74, 6) is 3.18. The van der Waals surface area contributed by atoms with Crippen LogP contribution in [0.5, 0.6) is 0 Å². The van der Waals surface area contributed by atoms with E-state index in [9.17, 15) is 9.59 Å². The Morgan fingerprint density at radius 2 is 1.74 bits per heavy atom. The normalized spacial score (nSPS) is 52.8. The van der Waals surface area contributed by atoms with E-state index in [1.165, 1.54) is 57.8 Å². The second-order valence-electron chi connectivity index (χ2n) is 16.5. The van der Waals surface area contributed by atoms with Crippen LogP contribution < -0.4 is 11.5 Å². The van der Waals surface area contributed by atoms with E-state index in [1.54, 1.807) is 0 Å². The van der Waals surface area contributed by atoms with Crippen molar-refractivity contribution in [2.45, 2.75) is 134 Å². The Morgan fingerprint density at radius 1 is 0.929 bits per heavy atom. The number of nitrogens with zero attached hydrogens (tertiary/aromatic N) is 1. The van der Waals surface area contributed by atoms with E-state index in [0.29, 0.717) is 72.5 Å². The molecule has 0 aromatic carbocycles. The molecule has 0 radical (unpaired) electrons. The van der Waals surface area contributed by atoms with Gasteiger partial charge in [-0.2, -0.15) is 0 Å². The van der Waals surface area contributed by atoms with Crippen molar-refractivity contribution in [1.82, 2.24) is 4.90 Å². The van der Waals surface area contributed by atoms with Crippen molar-refractivity contribution in [2.24, 2.45) is 57.3 Å². The molecule has 2 amide bonds. The quantitative estimate of drug-likeness (QED) is 0.486. The molecule has 8 fully saturated rings. The van der Waals surface area contributed by atoms with Crippen molar-refractivity contribution in [2.75, 3.05) is 19.7 Å². The molecule has 2 saturated heterocycles. The lowest BCUT2D eigenvalue weighted by Crippen LogP contribution is -2.64. The highest BCUT2D eigenvalue weighted by atomic mass is 16.7. The van der Waals surface area contributed by atoms with Gasteiger partial charge in [-0.25, -0.2) is 0 Å². The van der Waals surface area contributed by atoms with Crippen molar-refractivity contribution in [3.05, 3.63) is 0 Å². The minimum Gasteiger partial charge on any atom is -0.374 e. The van der Waals surface area contributed by atoms with Crippen molar-refractivity contribution in [3.63, 3.8) is 0 Å². The van der Waals surface area contributed by atoms with E-state index in [1.807, 2.05) is 4.90 Å². The maximum atomic E-state index is 12.8. The average Bonchev–Trinajstić information content (AvgIpc) is 3.85. The first-order valence-corrected chi connectivity index (χ1v) is 17.3. The summed E-state index contributed by atoms with van der Waals surface area (Å²) in [7, 11) is 0. The largest absolute Gasteiger partial charge is 0.374 e. The molecular formula is C34H53N3O5. The van der Waals surface area contributed by atoms with E-state index in [-0.39, 0.29) is 36.4 Å². The fourth-order valence-electron chi connectivity index (χ4n) is 12.5. The van der Waals surface area contributed by atoms with Gasteiger partial charge in [-0.3, -0.25) is 9.59 Å². The van der Waals surface area contributed by atoms with Crippen LogP contribution in [-0.2, 0) is 23.8 Å². The van der Waals surface area contributed by atoms with Crippen LogP contribution in [0.4, 0.5) is 0 Å². The standard InChI is InChI=1S/C34H53N3O5/c1-31-11-12-33-19-34(33)10-9-27(42-30-18-37(13-14-40-30)29(39)15-20-3-4-20)32(2,36)26(34)8-7-22(33)24(31)17-25-23(31)6-5-21(41-25)16-28(35)38/h20-27,30H,3-19,36H2,1-2H3,(H2,35,38)/t21?,22?,23?,24?,25?,26?,27-,30?,31+,32?,33-,34?/m0/s1. The van der Waals surface area contributed by atoms with E-state index in [4.69, 9.17) is 25.7 Å². The van der Waals surface area contributed by atoms with Crippen LogP contribution in [0.2, 0.25) is 0 Å². The molecule has 0 aromatic rings. The highest BCUT2D eigenvalue weighted by Crippen LogP contribution is 2.86. The summed E-state index contributed by atoms with van der Waals surface area (Å²) in [6, 6.07) is 0. The smallest absolute Gasteiger partial charge is 0.223 e. The van der Waals surface area contributed by atoms with Crippen LogP contribution in [0.1, 0.15) is 104 Å². The summed E-state index contributed by atoms with van der Waals surface area (Å²) < 4.78 is 19.3. The summed E-state index contributed by atoms with van der Waals surface area (Å²) in [5, 5.41) is 0. The average molecular weight is 584 g/mol. The fourth-order valence-corrected chi connectivity index (χ4v) is 12.5. The third-order valence-electron chi connectivity index (χ3n) is 14.6. The van der Waals surface area contributed by atoms with E-state index >= 15 is 0 Å². The number of carbonyl (C=O) groups excluding carboxylic acids is 2. The number of nitrogens with two attached hydrogens (primary N) is 2. The molecule has 8 heteroatoms. The van der Waals surface area contributed by atoms with Gasteiger partial charge in [-0.05, 0) is 130 Å². The van der Waals surface area contributed by atoms with Crippen molar-refractivity contribution >= 4 is 11.8 Å². The maximum Gasteiger partial charge on any atom is 0.223 e. The topological polar surface area (TPSA) is 117 Å². The third kappa shape index (κ3) is 4.13. The molecule has 9 unspecified atom stereocenters. The minimum atomic E-state index is -0.397. The Bertz CT molecular complexity index is 1130. The van der Waals surface area contributed by atoms with Crippen LogP contribution in [0.3, 0.4) is 0 Å². The van der Waals surface area contributed by atoms with Gasteiger partial charge in [0, 0.05) is 18.5 Å². The molecule has 8 nitrogen and oxygen atoms in total. The Labute approximate surface area is 251 Å². The van der Waals surface area contributed by atoms with Gasteiger partial charge in [-0.1, -0.05) is 6.92 Å². The second-order valence-corrected chi connectivity index (χ2v) is 16.5. The number of hydrogen-bond acceptors (Lipinski definition) is 6. The van der Waals surface area contributed by atoms with Gasteiger partial charge in [0.2, 0.25) is 11.8 Å². The Morgan fingerprint density at radius 3 is 2.52 bits per heavy atom. The number of fused-ring (bicyclic) bond motifs is 4. The number of amides is 2. The minimum absolute atomic E-state index is 0.00855. The highest BCUT2D eigenvalue weighted by molar-refractivity contribution is 5.76. The molecule has 2 heterocycles. The third-order valence-corrected chi connectivity index (χ3v) is 14.6. The van der Waals surface area contributed by atoms with Crippen LogP contribution >= 0.6 is 0 Å². The molecule has 42 heavy (non-hydrogen) atoms. The monoisotopic (exact) mass is 583 g/mol.